The highest BCUT2D eigenvalue weighted by Crippen LogP contribution is 2.20. The third-order valence-corrected chi connectivity index (χ3v) is 6.15. The molecule has 2 N–H and O–H groups in total. The molecule has 1 atom stereocenters. The third kappa shape index (κ3) is 22.4. The van der Waals surface area contributed by atoms with Crippen LogP contribution in [0.3, 0.4) is 0 Å². The van der Waals surface area contributed by atoms with Crippen molar-refractivity contribution in [2.75, 3.05) is 26.3 Å². The van der Waals surface area contributed by atoms with Crippen molar-refractivity contribution in [3.8, 4) is 0 Å². The van der Waals surface area contributed by atoms with E-state index in [1.807, 2.05) is 0 Å². The minimum absolute atomic E-state index is 0.0644. The summed E-state index contributed by atoms with van der Waals surface area (Å²) in [6.45, 7) is 7.50. The van der Waals surface area contributed by atoms with E-state index in [2.05, 4.69) is 19.2 Å². The zero-order chi connectivity index (χ0) is 22.8. The maximum Gasteiger partial charge on any atom is 0.308 e. The molecule has 0 aromatic carbocycles. The second-order valence-electron chi connectivity index (χ2n) is 9.22. The van der Waals surface area contributed by atoms with Crippen molar-refractivity contribution >= 4 is 5.97 Å². The van der Waals surface area contributed by atoms with Crippen LogP contribution in [0.2, 0.25) is 0 Å². The molecule has 0 spiro atoms. The van der Waals surface area contributed by atoms with E-state index >= 15 is 0 Å². The number of nitrogens with one attached hydrogen (secondary N) is 1. The van der Waals surface area contributed by atoms with E-state index in [0.717, 1.165) is 64.5 Å². The van der Waals surface area contributed by atoms with Gasteiger partial charge in [-0.3, -0.25) is 4.79 Å². The monoisotopic (exact) mass is 441 g/mol. The van der Waals surface area contributed by atoms with Gasteiger partial charge >= 0.3 is 5.97 Å². The molecule has 0 aliphatic rings. The zero-order valence-corrected chi connectivity index (χ0v) is 21.1. The van der Waals surface area contributed by atoms with E-state index in [1.54, 1.807) is 0 Å². The first kappa shape index (κ1) is 30.4. The Balaban J connectivity index is 3.80. The van der Waals surface area contributed by atoms with Crippen LogP contribution in [0.25, 0.3) is 0 Å². The smallest absolute Gasteiger partial charge is 0.308 e. The molecule has 0 radical (unpaired) electrons. The number of aliphatic hydroxyl groups excluding tert-OH is 1. The standard InChI is InChI=1S/C27H55NO3/c1-3-5-7-9-10-15-21-26(20-14-8-6-4-2)27(30)31-25-19-12-11-16-22-28-23-17-13-18-24-29/h26,28-29H,3-25H2,1-2H3. The van der Waals surface area contributed by atoms with Crippen molar-refractivity contribution in [1.29, 1.82) is 0 Å². The summed E-state index contributed by atoms with van der Waals surface area (Å²) in [5.74, 6) is 0.188. The quantitative estimate of drug-likeness (QED) is 0.116. The molecule has 0 aliphatic heterocycles. The molecular formula is C27H55NO3. The van der Waals surface area contributed by atoms with E-state index in [9.17, 15) is 4.79 Å². The summed E-state index contributed by atoms with van der Waals surface area (Å²) in [5.41, 5.74) is 0. The van der Waals surface area contributed by atoms with Gasteiger partial charge in [0.15, 0.2) is 0 Å². The Morgan fingerprint density at radius 3 is 1.77 bits per heavy atom. The summed E-state index contributed by atoms with van der Waals surface area (Å²) in [6.07, 6.45) is 22.3. The number of hydrogen-bond donors (Lipinski definition) is 2. The average molecular weight is 442 g/mol. The first-order chi connectivity index (χ1) is 15.3. The SMILES string of the molecule is CCCCCCCCC(CCCCCC)C(=O)OCCCCCCNCCCCCO. The number of carbonyl (C=O) groups excluding carboxylic acids is 1. The van der Waals surface area contributed by atoms with Gasteiger partial charge in [-0.15, -0.1) is 0 Å². The molecule has 0 aromatic rings. The highest BCUT2D eigenvalue weighted by atomic mass is 16.5. The van der Waals surface area contributed by atoms with Gasteiger partial charge in [0.05, 0.1) is 12.5 Å². The fourth-order valence-corrected chi connectivity index (χ4v) is 4.03. The van der Waals surface area contributed by atoms with Crippen LogP contribution in [-0.2, 0) is 9.53 Å². The number of ether oxygens (including phenoxy) is 1. The number of aliphatic hydroxyl groups is 1. The largest absolute Gasteiger partial charge is 0.465 e. The molecule has 0 saturated heterocycles. The van der Waals surface area contributed by atoms with Gasteiger partial charge in [0.2, 0.25) is 0 Å². The summed E-state index contributed by atoms with van der Waals surface area (Å²) in [7, 11) is 0. The van der Waals surface area contributed by atoms with E-state index in [4.69, 9.17) is 9.84 Å². The van der Waals surface area contributed by atoms with E-state index in [1.165, 1.54) is 70.6 Å². The van der Waals surface area contributed by atoms with Crippen LogP contribution in [-0.4, -0.2) is 37.4 Å². The van der Waals surface area contributed by atoms with Crippen LogP contribution >= 0.6 is 0 Å². The Morgan fingerprint density at radius 1 is 0.677 bits per heavy atom. The predicted molar refractivity (Wildman–Crippen MR) is 133 cm³/mol. The van der Waals surface area contributed by atoms with Crippen LogP contribution in [0.15, 0.2) is 0 Å². The van der Waals surface area contributed by atoms with Gasteiger partial charge in [0, 0.05) is 6.61 Å². The summed E-state index contributed by atoms with van der Waals surface area (Å²) < 4.78 is 5.66. The van der Waals surface area contributed by atoms with Crippen molar-refractivity contribution in [3.05, 3.63) is 0 Å². The molecular weight excluding hydrogens is 386 g/mol. The van der Waals surface area contributed by atoms with Gasteiger partial charge in [-0.25, -0.2) is 0 Å². The van der Waals surface area contributed by atoms with Gasteiger partial charge in [-0.05, 0) is 58.0 Å². The molecule has 31 heavy (non-hydrogen) atoms. The van der Waals surface area contributed by atoms with Crippen LogP contribution in [0.1, 0.15) is 136 Å². The number of rotatable bonds is 25. The number of unbranched alkanes of at least 4 members (excludes halogenated alkanes) is 13. The van der Waals surface area contributed by atoms with E-state index in [0.29, 0.717) is 13.2 Å². The molecule has 4 heteroatoms. The highest BCUT2D eigenvalue weighted by Gasteiger charge is 2.19. The highest BCUT2D eigenvalue weighted by molar-refractivity contribution is 5.72. The summed E-state index contributed by atoms with van der Waals surface area (Å²) in [5, 5.41) is 12.2. The van der Waals surface area contributed by atoms with Crippen molar-refractivity contribution < 1.29 is 14.6 Å². The Bertz CT molecular complexity index is 362. The molecule has 0 heterocycles. The Morgan fingerprint density at radius 2 is 1.16 bits per heavy atom. The van der Waals surface area contributed by atoms with Crippen LogP contribution in [0, 0.1) is 5.92 Å². The van der Waals surface area contributed by atoms with Crippen molar-refractivity contribution in [3.63, 3.8) is 0 Å². The summed E-state index contributed by atoms with van der Waals surface area (Å²) in [4.78, 5) is 12.6. The van der Waals surface area contributed by atoms with Gasteiger partial charge < -0.3 is 15.2 Å². The lowest BCUT2D eigenvalue weighted by Crippen LogP contribution is -2.19. The average Bonchev–Trinajstić information content (AvgIpc) is 2.78. The number of esters is 1. The molecule has 0 amide bonds. The summed E-state index contributed by atoms with van der Waals surface area (Å²) in [6, 6.07) is 0. The van der Waals surface area contributed by atoms with Crippen LogP contribution in [0.4, 0.5) is 0 Å². The fraction of sp³-hybridized carbons (Fsp3) is 0.963. The first-order valence-electron chi connectivity index (χ1n) is 13.7. The minimum atomic E-state index is 0.0644. The van der Waals surface area contributed by atoms with Crippen molar-refractivity contribution in [1.82, 2.24) is 5.32 Å². The minimum Gasteiger partial charge on any atom is -0.465 e. The Kier molecular flexibility index (Phi) is 25.1. The molecule has 0 aromatic heterocycles. The zero-order valence-electron chi connectivity index (χ0n) is 21.1. The predicted octanol–water partition coefficient (Wildman–Crippen LogP) is 7.18. The fourth-order valence-electron chi connectivity index (χ4n) is 4.03. The normalized spacial score (nSPS) is 12.2. The second-order valence-corrected chi connectivity index (χ2v) is 9.22. The Hall–Kier alpha value is -0.610. The van der Waals surface area contributed by atoms with Crippen LogP contribution in [0.5, 0.6) is 0 Å². The van der Waals surface area contributed by atoms with E-state index in [-0.39, 0.29) is 11.9 Å². The van der Waals surface area contributed by atoms with Crippen molar-refractivity contribution in [2.45, 2.75) is 136 Å². The van der Waals surface area contributed by atoms with E-state index < -0.39 is 0 Å². The lowest BCUT2D eigenvalue weighted by atomic mass is 9.94. The maximum atomic E-state index is 12.6. The first-order valence-corrected chi connectivity index (χ1v) is 13.7. The molecule has 0 fully saturated rings. The van der Waals surface area contributed by atoms with Gasteiger partial charge in [0.25, 0.3) is 0 Å². The molecule has 1 unspecified atom stereocenters. The van der Waals surface area contributed by atoms with Gasteiger partial charge in [-0.1, -0.05) is 90.9 Å². The molecule has 0 saturated carbocycles. The second kappa shape index (κ2) is 25.6. The van der Waals surface area contributed by atoms with Crippen LogP contribution < -0.4 is 5.32 Å². The van der Waals surface area contributed by atoms with Gasteiger partial charge in [-0.2, -0.15) is 0 Å². The lowest BCUT2D eigenvalue weighted by Gasteiger charge is -2.16. The molecule has 186 valence electrons. The summed E-state index contributed by atoms with van der Waals surface area (Å²) >= 11 is 0. The maximum absolute atomic E-state index is 12.6. The lowest BCUT2D eigenvalue weighted by molar-refractivity contribution is -0.149. The topological polar surface area (TPSA) is 58.6 Å². The number of hydrogen-bond acceptors (Lipinski definition) is 4. The number of carbonyl (C=O) groups is 1. The molecule has 0 aliphatic carbocycles. The van der Waals surface area contributed by atoms with Crippen molar-refractivity contribution in [2.24, 2.45) is 5.92 Å². The molecule has 4 nitrogen and oxygen atoms in total. The Labute approximate surface area is 194 Å². The van der Waals surface area contributed by atoms with Gasteiger partial charge in [0.1, 0.15) is 0 Å². The third-order valence-electron chi connectivity index (χ3n) is 6.15. The molecule has 0 rings (SSSR count). The molecule has 0 bridgehead atoms.